The second kappa shape index (κ2) is 12.1. The minimum atomic E-state index is -5.06. The van der Waals surface area contributed by atoms with Gasteiger partial charge in [-0.3, -0.25) is 4.57 Å². The van der Waals surface area contributed by atoms with Crippen molar-refractivity contribution in [3.63, 3.8) is 0 Å². The van der Waals surface area contributed by atoms with E-state index < -0.39 is 50.7 Å². The van der Waals surface area contributed by atoms with Gasteiger partial charge in [-0.05, 0) is 38.0 Å². The van der Waals surface area contributed by atoms with Gasteiger partial charge in [0.05, 0.1) is 24.8 Å². The van der Waals surface area contributed by atoms with Crippen LogP contribution < -0.4 is 5.32 Å². The molecule has 1 aliphatic heterocycles. The highest BCUT2D eigenvalue weighted by molar-refractivity contribution is 7.53. The monoisotopic (exact) mass is 619 g/mol. The van der Waals surface area contributed by atoms with Gasteiger partial charge in [0.25, 0.3) is 0 Å². The Morgan fingerprint density at radius 2 is 1.98 bits per heavy atom. The summed E-state index contributed by atoms with van der Waals surface area (Å²) in [6.07, 6.45) is 2.05. The lowest BCUT2D eigenvalue weighted by atomic mass is 10.1. The lowest BCUT2D eigenvalue weighted by molar-refractivity contribution is -0.111. The summed E-state index contributed by atoms with van der Waals surface area (Å²) in [4.78, 5) is 29.4. The van der Waals surface area contributed by atoms with Crippen molar-refractivity contribution in [2.45, 2.75) is 87.3 Å². The van der Waals surface area contributed by atoms with Crippen molar-refractivity contribution in [1.82, 2.24) is 40.4 Å². The summed E-state index contributed by atoms with van der Waals surface area (Å²) in [6, 6.07) is 0.253. The fraction of sp³-hybridized carbons (Fsp3) is 0.680. The topological polar surface area (TPSA) is 247 Å². The number of nitrogens with one attached hydrogen (secondary N) is 2. The highest BCUT2D eigenvalue weighted by Crippen LogP contribution is 2.53. The average Bonchev–Trinajstić information content (AvgIpc) is 3.37. The molecule has 4 heterocycles. The van der Waals surface area contributed by atoms with Crippen LogP contribution in [0.15, 0.2) is 6.20 Å². The maximum absolute atomic E-state index is 12.4. The minimum Gasteiger partial charge on any atom is -0.393 e. The highest BCUT2D eigenvalue weighted by atomic mass is 31.2. The molecule has 7 N–H and O–H groups in total. The fourth-order valence-electron chi connectivity index (χ4n) is 5.36. The van der Waals surface area contributed by atoms with Gasteiger partial charge in [-0.2, -0.15) is 10.3 Å². The van der Waals surface area contributed by atoms with E-state index in [0.717, 1.165) is 38.5 Å². The van der Waals surface area contributed by atoms with E-state index in [4.69, 9.17) is 9.47 Å². The van der Waals surface area contributed by atoms with Crippen molar-refractivity contribution in [1.29, 1.82) is 0 Å². The van der Waals surface area contributed by atoms with E-state index in [-0.39, 0.29) is 24.7 Å². The molecule has 1 saturated heterocycles. The van der Waals surface area contributed by atoms with Gasteiger partial charge in [-0.1, -0.05) is 24.0 Å². The standard InChI is InChI=1S/C25H34N9O8P/c35-13-25(43(38,39)40,10-9-19-30-32-33-31-19)41-12-17-20(36)21(37)24(42-17)34-23-16(11-26-34)22(27-15-3-1-2-4-15)28-18(29-23)8-7-14-5-6-14/h11,14-15,17,20-21,24,35-37H,1-6,9-10,12-13H2,(H,27,28,29)(H2,38,39,40)(H,30,31,32,33)/t17-,20-,21-,24-,25-/m1/s1. The van der Waals surface area contributed by atoms with Gasteiger partial charge in [0, 0.05) is 18.4 Å². The molecule has 232 valence electrons. The van der Waals surface area contributed by atoms with Crippen molar-refractivity contribution < 1.29 is 39.1 Å². The maximum atomic E-state index is 12.4. The molecule has 0 bridgehead atoms. The van der Waals surface area contributed by atoms with Gasteiger partial charge in [0.1, 0.15) is 24.1 Å². The molecule has 5 atom stereocenters. The van der Waals surface area contributed by atoms with Gasteiger partial charge < -0.3 is 39.9 Å². The van der Waals surface area contributed by atoms with Gasteiger partial charge in [0.2, 0.25) is 5.82 Å². The van der Waals surface area contributed by atoms with Crippen LogP contribution in [0.5, 0.6) is 0 Å². The summed E-state index contributed by atoms with van der Waals surface area (Å²) < 4.78 is 25.3. The number of rotatable bonds is 11. The number of aryl methyl sites for hydroxylation is 1. The Kier molecular flexibility index (Phi) is 8.46. The predicted octanol–water partition coefficient (Wildman–Crippen LogP) is -0.410. The molecule has 0 aromatic carbocycles. The number of fused-ring (bicyclic) bond motifs is 1. The number of aromatic nitrogens is 8. The third-order valence-electron chi connectivity index (χ3n) is 8.12. The van der Waals surface area contributed by atoms with Crippen LogP contribution in [0.3, 0.4) is 0 Å². The first kappa shape index (κ1) is 30.0. The number of aliphatic hydroxyl groups excluding tert-OH is 3. The molecule has 17 nitrogen and oxygen atoms in total. The summed E-state index contributed by atoms with van der Waals surface area (Å²) >= 11 is 0. The number of hydrogen-bond acceptors (Lipinski definition) is 13. The molecule has 2 aliphatic carbocycles. The van der Waals surface area contributed by atoms with E-state index in [0.29, 0.717) is 28.6 Å². The van der Waals surface area contributed by atoms with Crippen molar-refractivity contribution >= 4 is 24.4 Å². The Hall–Kier alpha value is -3.07. The molecule has 0 amide bonds. The Bertz CT molecular complexity index is 1530. The molecular weight excluding hydrogens is 585 g/mol. The minimum absolute atomic E-state index is 0.0658. The lowest BCUT2D eigenvalue weighted by Crippen LogP contribution is -2.42. The summed E-state index contributed by atoms with van der Waals surface area (Å²) in [6.45, 7) is -1.60. The molecule has 3 aromatic rings. The van der Waals surface area contributed by atoms with Crippen LogP contribution in [0.1, 0.15) is 62.8 Å². The molecular formula is C25H34N9O8P. The Labute approximate surface area is 245 Å². The van der Waals surface area contributed by atoms with Crippen LogP contribution in [0.2, 0.25) is 0 Å². The van der Waals surface area contributed by atoms with Gasteiger partial charge in [-0.15, -0.1) is 10.2 Å². The second-order valence-electron chi connectivity index (χ2n) is 11.2. The average molecular weight is 620 g/mol. The zero-order valence-electron chi connectivity index (χ0n) is 23.2. The van der Waals surface area contributed by atoms with Crippen LogP contribution in [0.4, 0.5) is 5.82 Å². The van der Waals surface area contributed by atoms with E-state index in [2.05, 4.69) is 52.8 Å². The number of nitrogens with zero attached hydrogens (tertiary/aromatic N) is 7. The molecule has 43 heavy (non-hydrogen) atoms. The van der Waals surface area contributed by atoms with E-state index in [1.54, 1.807) is 6.20 Å². The van der Waals surface area contributed by atoms with E-state index in [1.807, 2.05) is 0 Å². The Morgan fingerprint density at radius 1 is 1.19 bits per heavy atom. The summed E-state index contributed by atoms with van der Waals surface area (Å²) in [7, 11) is -5.06. The Balaban J connectivity index is 1.24. The van der Waals surface area contributed by atoms with E-state index in [9.17, 15) is 29.7 Å². The molecule has 2 saturated carbocycles. The quantitative estimate of drug-likeness (QED) is 0.106. The third kappa shape index (κ3) is 6.28. The van der Waals surface area contributed by atoms with Gasteiger partial charge in [0.15, 0.2) is 23.0 Å². The van der Waals surface area contributed by atoms with Crippen LogP contribution >= 0.6 is 7.60 Å². The molecule has 0 spiro atoms. The first-order valence-corrected chi connectivity index (χ1v) is 15.9. The van der Waals surface area contributed by atoms with Gasteiger partial charge in [-0.25, -0.2) is 14.6 Å². The van der Waals surface area contributed by atoms with Crippen molar-refractivity contribution in [2.24, 2.45) is 5.92 Å². The van der Waals surface area contributed by atoms with Crippen molar-refractivity contribution in [2.75, 3.05) is 18.5 Å². The number of tetrazole rings is 1. The molecule has 6 rings (SSSR count). The SMILES string of the molecule is O=P(O)(O)[C@@](CO)(CCc1nn[nH]n1)OC[C@H]1O[C@@H](n2ncc3c(NC4CCCC4)nc(C#CC4CC4)nc32)[C@H](O)[C@@H]1O. The zero-order valence-corrected chi connectivity index (χ0v) is 24.0. The van der Waals surface area contributed by atoms with E-state index >= 15 is 0 Å². The third-order valence-corrected chi connectivity index (χ3v) is 9.67. The fourth-order valence-corrected chi connectivity index (χ4v) is 6.19. The van der Waals surface area contributed by atoms with Crippen LogP contribution in [0.25, 0.3) is 11.0 Å². The molecule has 0 radical (unpaired) electrons. The zero-order chi connectivity index (χ0) is 30.2. The molecule has 3 aliphatic rings. The largest absolute Gasteiger partial charge is 0.393 e. The summed E-state index contributed by atoms with van der Waals surface area (Å²) in [5.41, 5.74) is 0.341. The maximum Gasteiger partial charge on any atom is 0.359 e. The van der Waals surface area contributed by atoms with E-state index in [1.165, 1.54) is 4.68 Å². The summed E-state index contributed by atoms with van der Waals surface area (Å²) in [5.74, 6) is 7.57. The highest BCUT2D eigenvalue weighted by Gasteiger charge is 2.51. The number of anilines is 1. The first-order valence-electron chi connectivity index (χ1n) is 14.2. The number of aromatic amines is 1. The lowest BCUT2D eigenvalue weighted by Gasteiger charge is -2.33. The molecule has 18 heteroatoms. The number of H-pyrrole nitrogens is 1. The Morgan fingerprint density at radius 3 is 2.65 bits per heavy atom. The van der Waals surface area contributed by atoms with Crippen molar-refractivity contribution in [3.8, 4) is 11.8 Å². The molecule has 0 unspecified atom stereocenters. The predicted molar refractivity (Wildman–Crippen MR) is 147 cm³/mol. The number of hydrogen-bond donors (Lipinski definition) is 7. The number of ether oxygens (including phenoxy) is 2. The second-order valence-corrected chi connectivity index (χ2v) is 13.1. The van der Waals surface area contributed by atoms with Crippen LogP contribution in [-0.4, -0.2) is 108 Å². The molecule has 3 fully saturated rings. The number of aliphatic hydroxyl groups is 3. The van der Waals surface area contributed by atoms with Gasteiger partial charge >= 0.3 is 7.60 Å². The smallest absolute Gasteiger partial charge is 0.359 e. The normalized spacial score (nSPS) is 26.0. The first-order chi connectivity index (χ1) is 20.7. The van der Waals surface area contributed by atoms with Crippen LogP contribution in [0, 0.1) is 17.8 Å². The van der Waals surface area contributed by atoms with Crippen LogP contribution in [-0.2, 0) is 20.5 Å². The molecule has 3 aromatic heterocycles. The van der Waals surface area contributed by atoms with Crippen molar-refractivity contribution in [3.05, 3.63) is 17.8 Å². The summed E-state index contributed by atoms with van der Waals surface area (Å²) in [5, 5.41) is 51.1.